The van der Waals surface area contributed by atoms with E-state index in [-0.39, 0.29) is 5.91 Å². The molecule has 1 saturated heterocycles. The van der Waals surface area contributed by atoms with Crippen LogP contribution in [0.5, 0.6) is 0 Å². The predicted molar refractivity (Wildman–Crippen MR) is 56.7 cm³/mol. The van der Waals surface area contributed by atoms with Crippen LogP contribution in [0.1, 0.15) is 12.8 Å². The molecule has 1 fully saturated rings. The monoisotopic (exact) mass is 202 g/mol. The van der Waals surface area contributed by atoms with Crippen LogP contribution in [0, 0.1) is 5.92 Å². The first kappa shape index (κ1) is 10.9. The number of carbonyl (C=O) groups is 1. The molecule has 0 aliphatic carbocycles. The minimum atomic E-state index is 0.281. The number of amides is 1. The van der Waals surface area contributed by atoms with Gasteiger partial charge in [0.1, 0.15) is 0 Å². The number of nitrogens with two attached hydrogens (primary N) is 1. The summed E-state index contributed by atoms with van der Waals surface area (Å²) in [6.07, 6.45) is 4.12. The average molecular weight is 202 g/mol. The Labute approximate surface area is 84.0 Å². The predicted octanol–water partition coefficient (Wildman–Crippen LogP) is 0.547. The molecule has 0 radical (unpaired) electrons. The molecule has 0 atom stereocenters. The first-order valence-electron chi connectivity index (χ1n) is 4.74. The zero-order valence-electron chi connectivity index (χ0n) is 8.16. The summed E-state index contributed by atoms with van der Waals surface area (Å²) in [6, 6.07) is 0. The second-order valence-electron chi connectivity index (χ2n) is 3.49. The second kappa shape index (κ2) is 5.50. The number of likely N-dealkylation sites (tertiary alicyclic amines) is 1. The van der Waals surface area contributed by atoms with Crippen molar-refractivity contribution >= 4 is 17.7 Å². The van der Waals surface area contributed by atoms with E-state index in [1.165, 1.54) is 0 Å². The zero-order chi connectivity index (χ0) is 9.68. The van der Waals surface area contributed by atoms with Gasteiger partial charge in [-0.2, -0.15) is 11.8 Å². The van der Waals surface area contributed by atoms with Crippen molar-refractivity contribution in [2.75, 3.05) is 31.6 Å². The SMILES string of the molecule is CSCC(=O)N1CCC(CN)CC1. The maximum absolute atomic E-state index is 11.5. The maximum atomic E-state index is 11.5. The molecule has 0 spiro atoms. The summed E-state index contributed by atoms with van der Waals surface area (Å²) in [4.78, 5) is 13.4. The van der Waals surface area contributed by atoms with E-state index >= 15 is 0 Å². The molecule has 0 aromatic rings. The quantitative estimate of drug-likeness (QED) is 0.727. The van der Waals surface area contributed by atoms with Crippen LogP contribution in [0.2, 0.25) is 0 Å². The molecule has 1 aliphatic heterocycles. The Morgan fingerprint density at radius 2 is 2.15 bits per heavy atom. The minimum Gasteiger partial charge on any atom is -0.342 e. The summed E-state index contributed by atoms with van der Waals surface area (Å²) in [5.41, 5.74) is 5.58. The topological polar surface area (TPSA) is 46.3 Å². The molecule has 0 unspecified atom stereocenters. The number of nitrogens with zero attached hydrogens (tertiary/aromatic N) is 1. The molecule has 4 heteroatoms. The summed E-state index contributed by atoms with van der Waals surface area (Å²) in [6.45, 7) is 2.58. The highest BCUT2D eigenvalue weighted by molar-refractivity contribution is 7.99. The largest absolute Gasteiger partial charge is 0.342 e. The molecule has 2 N–H and O–H groups in total. The lowest BCUT2D eigenvalue weighted by molar-refractivity contribution is -0.129. The lowest BCUT2D eigenvalue weighted by Gasteiger charge is -2.31. The summed E-state index contributed by atoms with van der Waals surface area (Å²) in [5.74, 6) is 1.54. The third kappa shape index (κ3) is 3.19. The van der Waals surface area contributed by atoms with Crippen molar-refractivity contribution in [3.05, 3.63) is 0 Å². The van der Waals surface area contributed by atoms with Crippen molar-refractivity contribution in [1.29, 1.82) is 0 Å². The lowest BCUT2D eigenvalue weighted by atomic mass is 9.97. The number of thioether (sulfide) groups is 1. The molecule has 1 rings (SSSR count). The Hall–Kier alpha value is -0.220. The third-order valence-electron chi connectivity index (χ3n) is 2.57. The molecular weight excluding hydrogens is 184 g/mol. The molecule has 0 bridgehead atoms. The number of hydrogen-bond acceptors (Lipinski definition) is 3. The maximum Gasteiger partial charge on any atom is 0.232 e. The molecule has 1 heterocycles. The van der Waals surface area contributed by atoms with Crippen LogP contribution >= 0.6 is 11.8 Å². The highest BCUT2D eigenvalue weighted by atomic mass is 32.2. The Morgan fingerprint density at radius 3 is 2.62 bits per heavy atom. The number of carbonyl (C=O) groups excluding carboxylic acids is 1. The highest BCUT2D eigenvalue weighted by Gasteiger charge is 2.20. The van der Waals surface area contributed by atoms with Crippen molar-refractivity contribution in [1.82, 2.24) is 4.90 Å². The van der Waals surface area contributed by atoms with Crippen LogP contribution in [-0.2, 0) is 4.79 Å². The summed E-state index contributed by atoms with van der Waals surface area (Å²) < 4.78 is 0. The van der Waals surface area contributed by atoms with E-state index in [4.69, 9.17) is 5.73 Å². The minimum absolute atomic E-state index is 0.281. The van der Waals surface area contributed by atoms with Gasteiger partial charge >= 0.3 is 0 Å². The van der Waals surface area contributed by atoms with Gasteiger partial charge in [0.2, 0.25) is 5.91 Å². The normalized spacial score (nSPS) is 19.1. The van der Waals surface area contributed by atoms with Crippen molar-refractivity contribution in [2.45, 2.75) is 12.8 Å². The van der Waals surface area contributed by atoms with E-state index in [0.717, 1.165) is 32.5 Å². The van der Waals surface area contributed by atoms with Crippen molar-refractivity contribution in [2.24, 2.45) is 11.7 Å². The van der Waals surface area contributed by atoms with Gasteiger partial charge in [0.25, 0.3) is 0 Å². The smallest absolute Gasteiger partial charge is 0.232 e. The standard InChI is InChI=1S/C9H18N2OS/c1-13-7-9(12)11-4-2-8(6-10)3-5-11/h8H,2-7,10H2,1H3. The molecule has 1 aliphatic rings. The first-order valence-corrected chi connectivity index (χ1v) is 6.14. The average Bonchev–Trinajstić information content (AvgIpc) is 2.18. The van der Waals surface area contributed by atoms with Crippen LogP contribution < -0.4 is 5.73 Å². The summed E-state index contributed by atoms with van der Waals surface area (Å²) >= 11 is 1.59. The van der Waals surface area contributed by atoms with Crippen molar-refractivity contribution in [3.63, 3.8) is 0 Å². The van der Waals surface area contributed by atoms with Crippen LogP contribution in [0.25, 0.3) is 0 Å². The highest BCUT2D eigenvalue weighted by Crippen LogP contribution is 2.16. The number of hydrogen-bond donors (Lipinski definition) is 1. The van der Waals surface area contributed by atoms with Crippen LogP contribution in [0.4, 0.5) is 0 Å². The Morgan fingerprint density at radius 1 is 1.54 bits per heavy atom. The van der Waals surface area contributed by atoms with Crippen molar-refractivity contribution in [3.8, 4) is 0 Å². The Kier molecular flexibility index (Phi) is 4.59. The van der Waals surface area contributed by atoms with Crippen LogP contribution in [0.3, 0.4) is 0 Å². The lowest BCUT2D eigenvalue weighted by Crippen LogP contribution is -2.40. The molecule has 76 valence electrons. The van der Waals surface area contributed by atoms with Gasteiger partial charge in [0, 0.05) is 13.1 Å². The van der Waals surface area contributed by atoms with Gasteiger partial charge in [-0.25, -0.2) is 0 Å². The van der Waals surface area contributed by atoms with Crippen molar-refractivity contribution < 1.29 is 4.79 Å². The third-order valence-corrected chi connectivity index (χ3v) is 3.10. The molecule has 0 aromatic heterocycles. The second-order valence-corrected chi connectivity index (χ2v) is 4.36. The fraction of sp³-hybridized carbons (Fsp3) is 0.889. The van der Waals surface area contributed by atoms with E-state index in [1.807, 2.05) is 11.2 Å². The first-order chi connectivity index (χ1) is 6.27. The summed E-state index contributed by atoms with van der Waals surface area (Å²) in [5, 5.41) is 0. The van der Waals surface area contributed by atoms with Gasteiger partial charge in [-0.05, 0) is 31.6 Å². The van der Waals surface area contributed by atoms with Crippen LogP contribution in [0.15, 0.2) is 0 Å². The molecular formula is C9H18N2OS. The summed E-state index contributed by atoms with van der Waals surface area (Å²) in [7, 11) is 0. The Bertz CT molecular complexity index is 167. The van der Waals surface area contributed by atoms with Gasteiger partial charge in [-0.3, -0.25) is 4.79 Å². The van der Waals surface area contributed by atoms with E-state index in [2.05, 4.69) is 0 Å². The van der Waals surface area contributed by atoms with E-state index in [1.54, 1.807) is 11.8 Å². The van der Waals surface area contributed by atoms with E-state index in [0.29, 0.717) is 11.7 Å². The fourth-order valence-corrected chi connectivity index (χ4v) is 2.06. The number of piperidine rings is 1. The Balaban J connectivity index is 2.28. The van der Waals surface area contributed by atoms with Gasteiger partial charge in [-0.1, -0.05) is 0 Å². The molecule has 0 saturated carbocycles. The fourth-order valence-electron chi connectivity index (χ4n) is 1.63. The number of rotatable bonds is 3. The molecule has 13 heavy (non-hydrogen) atoms. The van der Waals surface area contributed by atoms with Crippen LogP contribution in [-0.4, -0.2) is 42.4 Å². The molecule has 3 nitrogen and oxygen atoms in total. The van der Waals surface area contributed by atoms with Gasteiger partial charge < -0.3 is 10.6 Å². The van der Waals surface area contributed by atoms with E-state index < -0.39 is 0 Å². The molecule has 1 amide bonds. The van der Waals surface area contributed by atoms with Gasteiger partial charge in [0.15, 0.2) is 0 Å². The molecule has 0 aromatic carbocycles. The zero-order valence-corrected chi connectivity index (χ0v) is 8.98. The van der Waals surface area contributed by atoms with Gasteiger partial charge in [-0.15, -0.1) is 0 Å². The van der Waals surface area contributed by atoms with Gasteiger partial charge in [0.05, 0.1) is 5.75 Å². The van der Waals surface area contributed by atoms with E-state index in [9.17, 15) is 4.79 Å².